The minimum atomic E-state index is 0.545. The van der Waals surface area contributed by atoms with Crippen molar-refractivity contribution >= 4 is 5.69 Å². The highest BCUT2D eigenvalue weighted by molar-refractivity contribution is 5.59. The molecule has 1 aromatic carbocycles. The highest BCUT2D eigenvalue weighted by atomic mass is 16.6. The number of rotatable bonds is 4. The van der Waals surface area contributed by atoms with Gasteiger partial charge in [0.25, 0.3) is 0 Å². The third-order valence-electron chi connectivity index (χ3n) is 2.56. The van der Waals surface area contributed by atoms with E-state index in [2.05, 4.69) is 49.7 Å². The van der Waals surface area contributed by atoms with Crippen LogP contribution < -0.4 is 10.8 Å². The molecule has 15 heavy (non-hydrogen) atoms. The van der Waals surface area contributed by atoms with Gasteiger partial charge in [0.1, 0.15) is 0 Å². The Bertz CT molecular complexity index is 313. The van der Waals surface area contributed by atoms with E-state index in [9.17, 15) is 0 Å². The predicted molar refractivity (Wildman–Crippen MR) is 64.1 cm³/mol. The van der Waals surface area contributed by atoms with Crippen molar-refractivity contribution in [3.63, 3.8) is 0 Å². The van der Waals surface area contributed by atoms with Crippen LogP contribution in [0.2, 0.25) is 0 Å². The van der Waals surface area contributed by atoms with E-state index in [4.69, 9.17) is 5.90 Å². The predicted octanol–water partition coefficient (Wildman–Crippen LogP) is 1.94. The molecule has 0 heterocycles. The molecule has 0 spiro atoms. The maximum Gasteiger partial charge on any atom is 0.0854 e. The lowest BCUT2D eigenvalue weighted by Crippen LogP contribution is -2.25. The summed E-state index contributed by atoms with van der Waals surface area (Å²) in [5.74, 6) is 5.03. The maximum absolute atomic E-state index is 5.03. The average molecular weight is 208 g/mol. The molecule has 0 amide bonds. The molecule has 1 aromatic rings. The minimum absolute atomic E-state index is 0.545. The number of benzene rings is 1. The first-order valence-electron chi connectivity index (χ1n) is 5.17. The Balaban J connectivity index is 2.92. The fourth-order valence-electron chi connectivity index (χ4n) is 2.08. The first-order valence-corrected chi connectivity index (χ1v) is 5.17. The van der Waals surface area contributed by atoms with Crippen molar-refractivity contribution in [2.45, 2.75) is 20.8 Å². The third-order valence-corrected chi connectivity index (χ3v) is 2.56. The summed E-state index contributed by atoms with van der Waals surface area (Å²) in [4.78, 5) is 6.77. The number of anilines is 1. The van der Waals surface area contributed by atoms with Gasteiger partial charge in [0.05, 0.1) is 6.61 Å². The van der Waals surface area contributed by atoms with Crippen LogP contribution in [-0.2, 0) is 4.84 Å². The van der Waals surface area contributed by atoms with Gasteiger partial charge in [-0.2, -0.15) is 0 Å². The Kier molecular flexibility index (Phi) is 4.12. The molecule has 0 aliphatic heterocycles. The van der Waals surface area contributed by atoms with E-state index in [1.165, 1.54) is 22.4 Å². The van der Waals surface area contributed by atoms with Gasteiger partial charge in [-0.15, -0.1) is 0 Å². The fraction of sp³-hybridized carbons (Fsp3) is 0.500. The molecule has 3 nitrogen and oxygen atoms in total. The lowest BCUT2D eigenvalue weighted by molar-refractivity contribution is 0.145. The van der Waals surface area contributed by atoms with Crippen LogP contribution in [0.15, 0.2) is 12.1 Å². The largest absolute Gasteiger partial charge is 0.372 e. The molecule has 0 fully saturated rings. The van der Waals surface area contributed by atoms with Gasteiger partial charge in [0.15, 0.2) is 0 Å². The van der Waals surface area contributed by atoms with Crippen molar-refractivity contribution in [3.8, 4) is 0 Å². The highest BCUT2D eigenvalue weighted by Gasteiger charge is 2.08. The molecule has 0 aromatic heterocycles. The van der Waals surface area contributed by atoms with Crippen molar-refractivity contribution in [2.24, 2.45) is 5.90 Å². The SMILES string of the molecule is Cc1cc(C)c(N(C)CCON)c(C)c1. The zero-order valence-corrected chi connectivity index (χ0v) is 10.0. The van der Waals surface area contributed by atoms with Gasteiger partial charge in [-0.3, -0.25) is 0 Å². The molecule has 84 valence electrons. The van der Waals surface area contributed by atoms with Crippen LogP contribution in [0.1, 0.15) is 16.7 Å². The highest BCUT2D eigenvalue weighted by Crippen LogP contribution is 2.24. The Morgan fingerprint density at radius 2 is 1.73 bits per heavy atom. The van der Waals surface area contributed by atoms with Gasteiger partial charge in [0.2, 0.25) is 0 Å². The Morgan fingerprint density at radius 3 is 2.20 bits per heavy atom. The van der Waals surface area contributed by atoms with E-state index in [-0.39, 0.29) is 0 Å². The third kappa shape index (κ3) is 2.94. The second-order valence-electron chi connectivity index (χ2n) is 4.04. The summed E-state index contributed by atoms with van der Waals surface area (Å²) >= 11 is 0. The average Bonchev–Trinajstić information content (AvgIpc) is 2.12. The van der Waals surface area contributed by atoms with Crippen LogP contribution in [0.3, 0.4) is 0 Å². The van der Waals surface area contributed by atoms with E-state index in [0.29, 0.717) is 6.61 Å². The van der Waals surface area contributed by atoms with E-state index < -0.39 is 0 Å². The summed E-state index contributed by atoms with van der Waals surface area (Å²) in [6, 6.07) is 4.39. The van der Waals surface area contributed by atoms with Gasteiger partial charge < -0.3 is 9.74 Å². The lowest BCUT2D eigenvalue weighted by atomic mass is 10.0. The van der Waals surface area contributed by atoms with Crippen molar-refractivity contribution in [2.75, 3.05) is 25.1 Å². The first kappa shape index (κ1) is 12.0. The Morgan fingerprint density at radius 1 is 1.20 bits per heavy atom. The van der Waals surface area contributed by atoms with Gasteiger partial charge in [-0.05, 0) is 31.9 Å². The summed E-state index contributed by atoms with van der Waals surface area (Å²) in [7, 11) is 2.06. The summed E-state index contributed by atoms with van der Waals surface area (Å²) in [6.07, 6.45) is 0. The monoisotopic (exact) mass is 208 g/mol. The number of hydrogen-bond donors (Lipinski definition) is 1. The fourth-order valence-corrected chi connectivity index (χ4v) is 2.08. The summed E-state index contributed by atoms with van der Waals surface area (Å²) in [5, 5.41) is 0. The molecular weight excluding hydrogens is 188 g/mol. The molecule has 0 atom stereocenters. The topological polar surface area (TPSA) is 38.5 Å². The van der Waals surface area contributed by atoms with Crippen LogP contribution in [0.25, 0.3) is 0 Å². The molecule has 0 aliphatic carbocycles. The second-order valence-corrected chi connectivity index (χ2v) is 4.04. The summed E-state index contributed by atoms with van der Waals surface area (Å²) < 4.78 is 0. The van der Waals surface area contributed by atoms with E-state index in [1.807, 2.05) is 0 Å². The van der Waals surface area contributed by atoms with Gasteiger partial charge in [-0.25, -0.2) is 5.90 Å². The van der Waals surface area contributed by atoms with E-state index >= 15 is 0 Å². The first-order chi connectivity index (χ1) is 7.06. The number of nitrogens with zero attached hydrogens (tertiary/aromatic N) is 1. The molecule has 0 saturated carbocycles. The van der Waals surface area contributed by atoms with Crippen LogP contribution in [-0.4, -0.2) is 20.2 Å². The molecule has 0 radical (unpaired) electrons. The number of hydrogen-bond acceptors (Lipinski definition) is 3. The van der Waals surface area contributed by atoms with E-state index in [1.54, 1.807) is 0 Å². The van der Waals surface area contributed by atoms with Gasteiger partial charge in [0, 0.05) is 19.3 Å². The van der Waals surface area contributed by atoms with Crippen molar-refractivity contribution in [3.05, 3.63) is 28.8 Å². The molecular formula is C12H20N2O. The lowest BCUT2D eigenvalue weighted by Gasteiger charge is -2.23. The zero-order chi connectivity index (χ0) is 11.4. The molecule has 1 rings (SSSR count). The Labute approximate surface area is 91.8 Å². The molecule has 0 bridgehead atoms. The van der Waals surface area contributed by atoms with Crippen molar-refractivity contribution < 1.29 is 4.84 Å². The normalized spacial score (nSPS) is 10.5. The number of likely N-dealkylation sites (N-methyl/N-ethyl adjacent to an activating group) is 1. The van der Waals surface area contributed by atoms with Crippen molar-refractivity contribution in [1.82, 2.24) is 0 Å². The van der Waals surface area contributed by atoms with Gasteiger partial charge >= 0.3 is 0 Å². The quantitative estimate of drug-likeness (QED) is 0.768. The molecule has 3 heteroatoms. The van der Waals surface area contributed by atoms with Crippen LogP contribution in [0.4, 0.5) is 5.69 Å². The second kappa shape index (κ2) is 5.14. The van der Waals surface area contributed by atoms with Crippen LogP contribution >= 0.6 is 0 Å². The van der Waals surface area contributed by atoms with Crippen molar-refractivity contribution in [1.29, 1.82) is 0 Å². The number of nitrogens with two attached hydrogens (primary N) is 1. The summed E-state index contributed by atoms with van der Waals surface area (Å²) in [5.41, 5.74) is 5.17. The van der Waals surface area contributed by atoms with E-state index in [0.717, 1.165) is 6.54 Å². The molecule has 0 saturated heterocycles. The molecule has 2 N–H and O–H groups in total. The summed E-state index contributed by atoms with van der Waals surface area (Å²) in [6.45, 7) is 7.74. The number of aryl methyl sites for hydroxylation is 3. The smallest absolute Gasteiger partial charge is 0.0854 e. The standard InChI is InChI=1S/C12H20N2O/c1-9-7-10(2)12(11(3)8-9)14(4)5-6-15-13/h7-8H,5-6,13H2,1-4H3. The van der Waals surface area contributed by atoms with Gasteiger partial charge in [-0.1, -0.05) is 17.7 Å². The zero-order valence-electron chi connectivity index (χ0n) is 10.0. The molecule has 0 unspecified atom stereocenters. The molecule has 0 aliphatic rings. The Hall–Kier alpha value is -1.06. The minimum Gasteiger partial charge on any atom is -0.372 e. The van der Waals surface area contributed by atoms with Crippen LogP contribution in [0.5, 0.6) is 0 Å². The van der Waals surface area contributed by atoms with Crippen LogP contribution in [0, 0.1) is 20.8 Å². The maximum atomic E-state index is 5.03.